The van der Waals surface area contributed by atoms with E-state index in [1.807, 2.05) is 6.92 Å². The first-order valence-corrected chi connectivity index (χ1v) is 7.83. The second-order valence-corrected chi connectivity index (χ2v) is 6.47. The molecule has 2 aliphatic rings. The summed E-state index contributed by atoms with van der Waals surface area (Å²) >= 11 is 0. The maximum Gasteiger partial charge on any atom is 0.326 e. The highest BCUT2D eigenvalue weighted by Crippen LogP contribution is 2.33. The van der Waals surface area contributed by atoms with Crippen molar-refractivity contribution in [3.63, 3.8) is 0 Å². The smallest absolute Gasteiger partial charge is 0.326 e. The summed E-state index contributed by atoms with van der Waals surface area (Å²) in [4.78, 5) is 16.8. The van der Waals surface area contributed by atoms with E-state index in [1.54, 1.807) is 0 Å². The molecule has 0 aromatic carbocycles. The monoisotopic (exact) mass is 283 g/mol. The summed E-state index contributed by atoms with van der Waals surface area (Å²) in [6.07, 6.45) is 4.89. The van der Waals surface area contributed by atoms with E-state index >= 15 is 0 Å². The molecule has 0 amide bonds. The molecule has 1 aliphatic carbocycles. The van der Waals surface area contributed by atoms with Crippen LogP contribution in [0.1, 0.15) is 39.0 Å². The number of ether oxygens (including phenoxy) is 1. The van der Waals surface area contributed by atoms with Gasteiger partial charge in [0.1, 0.15) is 5.54 Å². The van der Waals surface area contributed by atoms with Gasteiger partial charge >= 0.3 is 5.97 Å². The van der Waals surface area contributed by atoms with Crippen LogP contribution in [0.4, 0.5) is 0 Å². The number of carbonyl (C=O) groups excluding carboxylic acids is 1. The normalized spacial score (nSPS) is 32.8. The molecule has 0 aromatic rings. The SMILES string of the molecule is CCOC(=O)C1(N)CCC(N(C)C2CCN(C)CC2)C1. The number of hydrogen-bond donors (Lipinski definition) is 1. The largest absolute Gasteiger partial charge is 0.465 e. The van der Waals surface area contributed by atoms with E-state index < -0.39 is 5.54 Å². The molecular formula is C15H29N3O2. The van der Waals surface area contributed by atoms with E-state index in [0.717, 1.165) is 32.4 Å². The van der Waals surface area contributed by atoms with Gasteiger partial charge in [-0.3, -0.25) is 4.79 Å². The van der Waals surface area contributed by atoms with Crippen molar-refractivity contribution in [1.29, 1.82) is 0 Å². The highest BCUT2D eigenvalue weighted by atomic mass is 16.5. The molecule has 0 bridgehead atoms. The fourth-order valence-electron chi connectivity index (χ4n) is 3.56. The molecule has 1 heterocycles. The topological polar surface area (TPSA) is 58.8 Å². The van der Waals surface area contributed by atoms with Crippen molar-refractivity contribution in [3.8, 4) is 0 Å². The van der Waals surface area contributed by atoms with Gasteiger partial charge in [0.15, 0.2) is 0 Å². The van der Waals surface area contributed by atoms with Gasteiger partial charge in [-0.05, 0) is 66.2 Å². The van der Waals surface area contributed by atoms with Gasteiger partial charge in [-0.25, -0.2) is 0 Å². The Balaban J connectivity index is 1.90. The quantitative estimate of drug-likeness (QED) is 0.774. The minimum absolute atomic E-state index is 0.223. The zero-order valence-electron chi connectivity index (χ0n) is 13.1. The highest BCUT2D eigenvalue weighted by Gasteiger charge is 2.45. The predicted molar refractivity (Wildman–Crippen MR) is 79.5 cm³/mol. The zero-order chi connectivity index (χ0) is 14.8. The molecule has 5 nitrogen and oxygen atoms in total. The van der Waals surface area contributed by atoms with Crippen LogP contribution in [0.15, 0.2) is 0 Å². The maximum absolute atomic E-state index is 12.0. The van der Waals surface area contributed by atoms with E-state index in [4.69, 9.17) is 10.5 Å². The summed E-state index contributed by atoms with van der Waals surface area (Å²) in [6, 6.07) is 1.04. The third-order valence-electron chi connectivity index (χ3n) is 5.05. The fraction of sp³-hybridized carbons (Fsp3) is 0.933. The number of nitrogens with two attached hydrogens (primary N) is 1. The van der Waals surface area contributed by atoms with E-state index in [1.165, 1.54) is 12.8 Å². The molecule has 20 heavy (non-hydrogen) atoms. The summed E-state index contributed by atoms with van der Waals surface area (Å²) < 4.78 is 5.13. The van der Waals surface area contributed by atoms with Crippen LogP contribution in [0.25, 0.3) is 0 Å². The van der Waals surface area contributed by atoms with Crippen molar-refractivity contribution < 1.29 is 9.53 Å². The third kappa shape index (κ3) is 3.32. The Morgan fingerprint density at radius 2 is 2.00 bits per heavy atom. The average Bonchev–Trinajstić information content (AvgIpc) is 2.83. The van der Waals surface area contributed by atoms with Gasteiger partial charge in [0, 0.05) is 12.1 Å². The van der Waals surface area contributed by atoms with Crippen LogP contribution >= 0.6 is 0 Å². The van der Waals surface area contributed by atoms with Gasteiger partial charge in [0.05, 0.1) is 6.61 Å². The second-order valence-electron chi connectivity index (χ2n) is 6.47. The molecule has 2 fully saturated rings. The first-order chi connectivity index (χ1) is 9.46. The van der Waals surface area contributed by atoms with Gasteiger partial charge < -0.3 is 20.3 Å². The molecule has 0 spiro atoms. The first kappa shape index (κ1) is 15.7. The zero-order valence-corrected chi connectivity index (χ0v) is 13.1. The molecule has 2 unspecified atom stereocenters. The lowest BCUT2D eigenvalue weighted by atomic mass is 9.97. The van der Waals surface area contributed by atoms with Crippen LogP contribution in [0, 0.1) is 0 Å². The number of esters is 1. The molecule has 2 rings (SSSR count). The maximum atomic E-state index is 12.0. The Morgan fingerprint density at radius 1 is 1.35 bits per heavy atom. The van der Waals surface area contributed by atoms with Crippen molar-refractivity contribution in [2.24, 2.45) is 5.73 Å². The van der Waals surface area contributed by atoms with Gasteiger partial charge in [-0.15, -0.1) is 0 Å². The number of piperidine rings is 1. The van der Waals surface area contributed by atoms with Crippen LogP contribution in [0.2, 0.25) is 0 Å². The Kier molecular flexibility index (Phi) is 5.04. The summed E-state index contributed by atoms with van der Waals surface area (Å²) in [6.45, 7) is 4.56. The third-order valence-corrected chi connectivity index (χ3v) is 5.05. The highest BCUT2D eigenvalue weighted by molar-refractivity contribution is 5.81. The molecule has 5 heteroatoms. The van der Waals surface area contributed by atoms with Crippen LogP contribution in [0.3, 0.4) is 0 Å². The molecule has 1 saturated carbocycles. The molecule has 0 aromatic heterocycles. The fourth-order valence-corrected chi connectivity index (χ4v) is 3.56. The molecule has 116 valence electrons. The Labute approximate surface area is 122 Å². The van der Waals surface area contributed by atoms with Gasteiger partial charge in [0.25, 0.3) is 0 Å². The lowest BCUT2D eigenvalue weighted by Gasteiger charge is -2.38. The van der Waals surface area contributed by atoms with E-state index in [2.05, 4.69) is 23.9 Å². The van der Waals surface area contributed by atoms with Crippen molar-refractivity contribution in [2.75, 3.05) is 33.8 Å². The minimum Gasteiger partial charge on any atom is -0.465 e. The lowest BCUT2D eigenvalue weighted by Crippen LogP contribution is -2.50. The average molecular weight is 283 g/mol. The summed E-state index contributed by atoms with van der Waals surface area (Å²) in [5, 5.41) is 0. The molecular weight excluding hydrogens is 254 g/mol. The molecule has 2 atom stereocenters. The van der Waals surface area contributed by atoms with Crippen molar-refractivity contribution in [2.45, 2.75) is 56.7 Å². The van der Waals surface area contributed by atoms with Gasteiger partial charge in [-0.2, -0.15) is 0 Å². The standard InChI is InChI=1S/C15H29N3O2/c1-4-20-14(19)15(16)8-5-13(11-15)18(3)12-6-9-17(2)10-7-12/h12-13H,4-11,16H2,1-3H3. The van der Waals surface area contributed by atoms with E-state index in [0.29, 0.717) is 18.7 Å². The van der Waals surface area contributed by atoms with Crippen LogP contribution in [-0.4, -0.2) is 67.2 Å². The molecule has 2 N–H and O–H groups in total. The minimum atomic E-state index is -0.763. The number of nitrogens with zero attached hydrogens (tertiary/aromatic N) is 2. The van der Waals surface area contributed by atoms with Crippen molar-refractivity contribution in [3.05, 3.63) is 0 Å². The van der Waals surface area contributed by atoms with Gasteiger partial charge in [0.2, 0.25) is 0 Å². The summed E-state index contributed by atoms with van der Waals surface area (Å²) in [7, 11) is 4.37. The Morgan fingerprint density at radius 3 is 2.60 bits per heavy atom. The van der Waals surface area contributed by atoms with Crippen LogP contribution in [0.5, 0.6) is 0 Å². The Bertz CT molecular complexity index is 342. The van der Waals surface area contributed by atoms with Crippen molar-refractivity contribution >= 4 is 5.97 Å². The van der Waals surface area contributed by atoms with Crippen LogP contribution in [-0.2, 0) is 9.53 Å². The van der Waals surface area contributed by atoms with E-state index in [-0.39, 0.29) is 5.97 Å². The van der Waals surface area contributed by atoms with Gasteiger partial charge in [-0.1, -0.05) is 0 Å². The number of likely N-dealkylation sites (tertiary alicyclic amines) is 1. The van der Waals surface area contributed by atoms with Crippen molar-refractivity contribution in [1.82, 2.24) is 9.80 Å². The molecule has 1 aliphatic heterocycles. The predicted octanol–water partition coefficient (Wildman–Crippen LogP) is 0.826. The lowest BCUT2D eigenvalue weighted by molar-refractivity contribution is -0.149. The first-order valence-electron chi connectivity index (χ1n) is 7.83. The summed E-state index contributed by atoms with van der Waals surface area (Å²) in [5.74, 6) is -0.223. The van der Waals surface area contributed by atoms with E-state index in [9.17, 15) is 4.79 Å². The molecule has 1 saturated heterocycles. The number of hydrogen-bond acceptors (Lipinski definition) is 5. The summed E-state index contributed by atoms with van der Waals surface area (Å²) in [5.41, 5.74) is 5.50. The van der Waals surface area contributed by atoms with Crippen LogP contribution < -0.4 is 5.73 Å². The number of rotatable bonds is 4. The molecule has 0 radical (unpaired) electrons. The number of carbonyl (C=O) groups is 1. The Hall–Kier alpha value is -0.650. The second kappa shape index (κ2) is 6.41.